The molecular formula is C26H31N5O3. The van der Waals surface area contributed by atoms with E-state index in [9.17, 15) is 9.59 Å². The van der Waals surface area contributed by atoms with Crippen LogP contribution in [0.4, 0.5) is 0 Å². The lowest BCUT2D eigenvalue weighted by molar-refractivity contribution is -0.120. The maximum absolute atomic E-state index is 12.2. The van der Waals surface area contributed by atoms with Gasteiger partial charge in [0.15, 0.2) is 11.5 Å². The average Bonchev–Trinajstić information content (AvgIpc) is 3.38. The van der Waals surface area contributed by atoms with Crippen LogP contribution in [0.25, 0.3) is 11.3 Å². The van der Waals surface area contributed by atoms with Gasteiger partial charge in [0.1, 0.15) is 0 Å². The van der Waals surface area contributed by atoms with Gasteiger partial charge in [0.2, 0.25) is 5.91 Å². The molecule has 178 valence electrons. The molecule has 0 aliphatic carbocycles. The predicted octanol–water partition coefficient (Wildman–Crippen LogP) is 2.40. The zero-order chi connectivity index (χ0) is 23.6. The highest BCUT2D eigenvalue weighted by atomic mass is 16.5. The molecular weight excluding hydrogens is 430 g/mol. The highest BCUT2D eigenvalue weighted by Gasteiger charge is 2.17. The fourth-order valence-electron chi connectivity index (χ4n) is 3.98. The van der Waals surface area contributed by atoms with Crippen molar-refractivity contribution in [3.05, 3.63) is 78.0 Å². The molecule has 0 atom stereocenters. The highest BCUT2D eigenvalue weighted by molar-refractivity contribution is 5.95. The normalized spacial score (nSPS) is 14.6. The number of benzene rings is 2. The van der Waals surface area contributed by atoms with Crippen LogP contribution in [-0.4, -0.2) is 72.6 Å². The first-order valence-corrected chi connectivity index (χ1v) is 11.7. The smallest absolute Gasteiger partial charge is 0.273 e. The molecule has 4 rings (SSSR count). The fourth-order valence-corrected chi connectivity index (χ4v) is 3.98. The molecule has 2 heterocycles. The predicted molar refractivity (Wildman–Crippen MR) is 130 cm³/mol. The van der Waals surface area contributed by atoms with Gasteiger partial charge in [-0.1, -0.05) is 65.8 Å². The Balaban J connectivity index is 1.08. The number of rotatable bonds is 10. The molecule has 0 saturated carbocycles. The summed E-state index contributed by atoms with van der Waals surface area (Å²) in [6, 6.07) is 21.6. The van der Waals surface area contributed by atoms with E-state index >= 15 is 0 Å². The van der Waals surface area contributed by atoms with Gasteiger partial charge in [-0.3, -0.25) is 14.5 Å². The zero-order valence-corrected chi connectivity index (χ0v) is 19.3. The number of nitrogens with zero attached hydrogens (tertiary/aromatic N) is 3. The van der Waals surface area contributed by atoms with Gasteiger partial charge in [-0.25, -0.2) is 0 Å². The van der Waals surface area contributed by atoms with E-state index in [2.05, 4.69) is 49.9 Å². The quantitative estimate of drug-likeness (QED) is 0.451. The van der Waals surface area contributed by atoms with E-state index < -0.39 is 5.91 Å². The van der Waals surface area contributed by atoms with E-state index in [4.69, 9.17) is 4.52 Å². The summed E-state index contributed by atoms with van der Waals surface area (Å²) < 4.78 is 5.23. The topological polar surface area (TPSA) is 90.7 Å². The Bertz CT molecular complexity index is 1050. The third-order valence-corrected chi connectivity index (χ3v) is 5.90. The Morgan fingerprint density at radius 3 is 2.29 bits per heavy atom. The number of carbonyl (C=O) groups is 2. The van der Waals surface area contributed by atoms with Crippen LogP contribution in [0.3, 0.4) is 0 Å². The molecule has 0 unspecified atom stereocenters. The van der Waals surface area contributed by atoms with E-state index in [0.29, 0.717) is 12.3 Å². The minimum atomic E-state index is -0.436. The molecule has 1 aliphatic heterocycles. The molecule has 1 saturated heterocycles. The summed E-state index contributed by atoms with van der Waals surface area (Å²) in [6.45, 7) is 6.64. The number of hydrogen-bond donors (Lipinski definition) is 2. The maximum atomic E-state index is 12.2. The third-order valence-electron chi connectivity index (χ3n) is 5.90. The summed E-state index contributed by atoms with van der Waals surface area (Å²) in [6.07, 6.45) is 0.877. The number of aromatic nitrogens is 1. The van der Waals surface area contributed by atoms with Crippen LogP contribution >= 0.6 is 0 Å². The largest absolute Gasteiger partial charge is 0.355 e. The fraction of sp³-hybridized carbons (Fsp3) is 0.346. The van der Waals surface area contributed by atoms with Crippen molar-refractivity contribution in [3.8, 4) is 11.3 Å². The lowest BCUT2D eigenvalue weighted by atomic mass is 10.1. The number of carbonyl (C=O) groups excluding carboxylic acids is 2. The molecule has 34 heavy (non-hydrogen) atoms. The first kappa shape index (κ1) is 23.7. The van der Waals surface area contributed by atoms with Gasteiger partial charge in [0.05, 0.1) is 6.54 Å². The number of amides is 2. The van der Waals surface area contributed by atoms with Gasteiger partial charge < -0.3 is 20.1 Å². The summed E-state index contributed by atoms with van der Waals surface area (Å²) >= 11 is 0. The van der Waals surface area contributed by atoms with Crippen molar-refractivity contribution in [2.45, 2.75) is 13.0 Å². The summed E-state index contributed by atoms with van der Waals surface area (Å²) in [7, 11) is 0. The molecule has 8 nitrogen and oxygen atoms in total. The molecule has 1 aliphatic rings. The van der Waals surface area contributed by atoms with Crippen molar-refractivity contribution in [2.75, 3.05) is 45.8 Å². The number of piperazine rings is 1. The first-order chi connectivity index (χ1) is 16.7. The van der Waals surface area contributed by atoms with Gasteiger partial charge >= 0.3 is 0 Å². The molecule has 8 heteroatoms. The number of hydrogen-bond acceptors (Lipinski definition) is 6. The van der Waals surface area contributed by atoms with Gasteiger partial charge in [-0.15, -0.1) is 0 Å². The summed E-state index contributed by atoms with van der Waals surface area (Å²) in [5.74, 6) is -0.140. The molecule has 0 radical (unpaired) electrons. The second kappa shape index (κ2) is 12.1. The lowest BCUT2D eigenvalue weighted by Crippen LogP contribution is -2.46. The second-order valence-corrected chi connectivity index (χ2v) is 8.43. The Morgan fingerprint density at radius 2 is 1.56 bits per heavy atom. The lowest BCUT2D eigenvalue weighted by Gasteiger charge is -2.34. The Hall–Kier alpha value is -3.49. The van der Waals surface area contributed by atoms with Crippen molar-refractivity contribution in [3.63, 3.8) is 0 Å². The van der Waals surface area contributed by atoms with E-state index in [1.165, 1.54) is 5.56 Å². The van der Waals surface area contributed by atoms with Crippen LogP contribution in [0, 0.1) is 0 Å². The van der Waals surface area contributed by atoms with Crippen LogP contribution in [-0.2, 0) is 11.3 Å². The summed E-state index contributed by atoms with van der Waals surface area (Å²) in [5, 5.41) is 9.25. The minimum Gasteiger partial charge on any atom is -0.355 e. The summed E-state index contributed by atoms with van der Waals surface area (Å²) in [4.78, 5) is 29.2. The molecule has 1 fully saturated rings. The van der Waals surface area contributed by atoms with Crippen LogP contribution < -0.4 is 10.6 Å². The van der Waals surface area contributed by atoms with Gasteiger partial charge in [0.25, 0.3) is 5.91 Å². The van der Waals surface area contributed by atoms with Crippen LogP contribution in [0.1, 0.15) is 22.5 Å². The molecule has 1 aromatic heterocycles. The van der Waals surface area contributed by atoms with Gasteiger partial charge in [-0.2, -0.15) is 0 Å². The Kier molecular flexibility index (Phi) is 8.43. The first-order valence-electron chi connectivity index (χ1n) is 11.7. The van der Waals surface area contributed by atoms with E-state index in [-0.39, 0.29) is 18.1 Å². The van der Waals surface area contributed by atoms with Crippen LogP contribution in [0.2, 0.25) is 0 Å². The number of nitrogens with one attached hydrogen (secondary N) is 2. The third kappa shape index (κ3) is 7.00. The highest BCUT2D eigenvalue weighted by Crippen LogP contribution is 2.19. The molecule has 2 N–H and O–H groups in total. The van der Waals surface area contributed by atoms with Crippen molar-refractivity contribution in [2.24, 2.45) is 0 Å². The molecule has 2 aromatic carbocycles. The van der Waals surface area contributed by atoms with Crippen molar-refractivity contribution in [1.82, 2.24) is 25.6 Å². The molecule has 2 amide bonds. The van der Waals surface area contributed by atoms with E-state index in [0.717, 1.165) is 51.3 Å². The monoisotopic (exact) mass is 461 g/mol. The van der Waals surface area contributed by atoms with Crippen molar-refractivity contribution in [1.29, 1.82) is 0 Å². The van der Waals surface area contributed by atoms with Crippen LogP contribution in [0.5, 0.6) is 0 Å². The second-order valence-electron chi connectivity index (χ2n) is 8.43. The minimum absolute atomic E-state index is 0.0927. The average molecular weight is 462 g/mol. The maximum Gasteiger partial charge on any atom is 0.273 e. The Labute approximate surface area is 199 Å². The Morgan fingerprint density at radius 1 is 0.882 bits per heavy atom. The summed E-state index contributed by atoms with van der Waals surface area (Å²) in [5.41, 5.74) is 2.34. The van der Waals surface area contributed by atoms with Gasteiger partial charge in [-0.05, 0) is 18.5 Å². The van der Waals surface area contributed by atoms with Crippen LogP contribution in [0.15, 0.2) is 71.3 Å². The van der Waals surface area contributed by atoms with Crippen molar-refractivity contribution < 1.29 is 14.1 Å². The van der Waals surface area contributed by atoms with E-state index in [1.807, 2.05) is 36.4 Å². The molecule has 0 spiro atoms. The van der Waals surface area contributed by atoms with E-state index in [1.54, 1.807) is 6.07 Å². The molecule has 3 aromatic rings. The SMILES string of the molecule is O=C(CNC(=O)c1cc(-c2ccccc2)on1)NCCCN1CCN(Cc2ccccc2)CC1. The molecule has 0 bridgehead atoms. The standard InChI is InChI=1S/C26H31N5O3/c32-25(19-28-26(33)23-18-24(34-29-23)22-10-5-2-6-11-22)27-12-7-13-30-14-16-31(17-15-30)20-21-8-3-1-4-9-21/h1-6,8-11,18H,7,12-17,19-20H2,(H,27,32)(H,28,33). The van der Waals surface area contributed by atoms with Gasteiger partial charge in [0, 0.05) is 50.9 Å². The zero-order valence-electron chi connectivity index (χ0n) is 19.3. The van der Waals surface area contributed by atoms with Crippen molar-refractivity contribution >= 4 is 11.8 Å².